The van der Waals surface area contributed by atoms with Crippen molar-refractivity contribution < 1.29 is 18.3 Å². The second-order valence-electron chi connectivity index (χ2n) is 5.40. The third-order valence-electron chi connectivity index (χ3n) is 3.91. The molecule has 2 amide bonds. The first-order chi connectivity index (χ1) is 11.6. The largest absolute Gasteiger partial charge is 0.433 e. The van der Waals surface area contributed by atoms with Crippen molar-refractivity contribution in [3.8, 4) is 5.75 Å². The van der Waals surface area contributed by atoms with Crippen LogP contribution in [0.25, 0.3) is 0 Å². The van der Waals surface area contributed by atoms with Crippen molar-refractivity contribution in [2.45, 2.75) is 25.5 Å². The molecule has 0 aliphatic carbocycles. The molecular formula is C15H17F2N5O2. The minimum absolute atomic E-state index is 0.0571. The Morgan fingerprint density at radius 1 is 1.29 bits per heavy atom. The van der Waals surface area contributed by atoms with Gasteiger partial charge in [-0.2, -0.15) is 13.9 Å². The molecule has 1 aliphatic rings. The molecule has 0 saturated carbocycles. The van der Waals surface area contributed by atoms with Gasteiger partial charge in [-0.05, 0) is 25.0 Å². The Balaban J connectivity index is 1.58. The molecule has 1 saturated heterocycles. The van der Waals surface area contributed by atoms with E-state index in [2.05, 4.69) is 20.1 Å². The highest BCUT2D eigenvalue weighted by Gasteiger charge is 2.24. The summed E-state index contributed by atoms with van der Waals surface area (Å²) in [5.41, 5.74) is 0.223. The number of halogens is 2. The Morgan fingerprint density at radius 2 is 2.04 bits per heavy atom. The molecule has 9 heteroatoms. The molecule has 1 aromatic heterocycles. The van der Waals surface area contributed by atoms with Crippen LogP contribution in [0.15, 0.2) is 36.9 Å². The minimum atomic E-state index is -2.94. The lowest BCUT2D eigenvalue weighted by atomic mass is 10.1. The first-order valence-corrected chi connectivity index (χ1v) is 7.57. The second kappa shape index (κ2) is 7.24. The van der Waals surface area contributed by atoms with E-state index in [9.17, 15) is 13.6 Å². The van der Waals surface area contributed by atoms with Crippen LogP contribution >= 0.6 is 0 Å². The van der Waals surface area contributed by atoms with Gasteiger partial charge in [-0.3, -0.25) is 0 Å². The predicted molar refractivity (Wildman–Crippen MR) is 82.0 cm³/mol. The average molecular weight is 337 g/mol. The predicted octanol–water partition coefficient (Wildman–Crippen LogP) is 2.75. The van der Waals surface area contributed by atoms with E-state index in [1.807, 2.05) is 0 Å². The number of piperidine rings is 1. The van der Waals surface area contributed by atoms with E-state index in [-0.39, 0.29) is 23.5 Å². The van der Waals surface area contributed by atoms with Gasteiger partial charge < -0.3 is 15.0 Å². The Bertz CT molecular complexity index is 672. The van der Waals surface area contributed by atoms with Crippen LogP contribution in [0.1, 0.15) is 18.9 Å². The number of likely N-dealkylation sites (tertiary alicyclic amines) is 1. The third kappa shape index (κ3) is 3.79. The van der Waals surface area contributed by atoms with E-state index < -0.39 is 6.61 Å². The first kappa shape index (κ1) is 16.2. The molecule has 24 heavy (non-hydrogen) atoms. The van der Waals surface area contributed by atoms with E-state index in [4.69, 9.17) is 0 Å². The minimum Gasteiger partial charge on any atom is -0.433 e. The topological polar surface area (TPSA) is 72.3 Å². The number of rotatable bonds is 4. The van der Waals surface area contributed by atoms with E-state index in [0.29, 0.717) is 13.1 Å². The first-order valence-electron chi connectivity index (χ1n) is 7.57. The van der Waals surface area contributed by atoms with Crippen molar-refractivity contribution in [2.75, 3.05) is 18.4 Å². The number of hydrogen-bond donors (Lipinski definition) is 1. The zero-order valence-electron chi connectivity index (χ0n) is 12.8. The lowest BCUT2D eigenvalue weighted by Crippen LogP contribution is -2.41. The number of alkyl halides is 2. The maximum Gasteiger partial charge on any atom is 0.387 e. The van der Waals surface area contributed by atoms with Gasteiger partial charge in [-0.25, -0.2) is 14.5 Å². The number of nitrogens with zero attached hydrogens (tertiary/aromatic N) is 4. The fourth-order valence-electron chi connectivity index (χ4n) is 2.70. The summed E-state index contributed by atoms with van der Waals surface area (Å²) in [5.74, 6) is -0.0571. The van der Waals surface area contributed by atoms with Crippen LogP contribution in [-0.4, -0.2) is 45.4 Å². The van der Waals surface area contributed by atoms with Gasteiger partial charge in [0.2, 0.25) is 0 Å². The highest BCUT2D eigenvalue weighted by Crippen LogP contribution is 2.27. The lowest BCUT2D eigenvalue weighted by molar-refractivity contribution is -0.0493. The molecule has 0 atom stereocenters. The van der Waals surface area contributed by atoms with Crippen molar-refractivity contribution in [3.05, 3.63) is 36.9 Å². The normalized spacial score (nSPS) is 15.5. The summed E-state index contributed by atoms with van der Waals surface area (Å²) in [6.45, 7) is -1.84. The number of para-hydroxylation sites is 2. The summed E-state index contributed by atoms with van der Waals surface area (Å²) >= 11 is 0. The van der Waals surface area contributed by atoms with E-state index >= 15 is 0 Å². The maximum atomic E-state index is 12.4. The standard InChI is InChI=1S/C15H17F2N5O2/c16-14(17)24-13-4-2-1-3-12(13)20-15(23)21-7-5-11(6-8-21)22-10-18-9-19-22/h1-4,9-11,14H,5-8H2,(H,20,23). The second-order valence-corrected chi connectivity index (χ2v) is 5.40. The molecule has 3 rings (SSSR count). The number of carbonyl (C=O) groups is 1. The number of ether oxygens (including phenoxy) is 1. The molecular weight excluding hydrogens is 320 g/mol. The highest BCUT2D eigenvalue weighted by atomic mass is 19.3. The van der Waals surface area contributed by atoms with Crippen LogP contribution in [0.4, 0.5) is 19.3 Å². The summed E-state index contributed by atoms with van der Waals surface area (Å²) in [6.07, 6.45) is 4.66. The molecule has 128 valence electrons. The maximum absolute atomic E-state index is 12.4. The quantitative estimate of drug-likeness (QED) is 0.931. The number of nitrogens with one attached hydrogen (secondary N) is 1. The number of urea groups is 1. The molecule has 1 aromatic carbocycles. The van der Waals surface area contributed by atoms with Crippen molar-refractivity contribution in [3.63, 3.8) is 0 Å². The fourth-order valence-corrected chi connectivity index (χ4v) is 2.70. The van der Waals surface area contributed by atoms with Gasteiger partial charge in [-0.15, -0.1) is 0 Å². The molecule has 1 aliphatic heterocycles. The SMILES string of the molecule is O=C(Nc1ccccc1OC(F)F)N1CCC(n2cncn2)CC1. The van der Waals surface area contributed by atoms with Crippen molar-refractivity contribution in [1.29, 1.82) is 0 Å². The third-order valence-corrected chi connectivity index (χ3v) is 3.91. The van der Waals surface area contributed by atoms with Gasteiger partial charge in [0.05, 0.1) is 11.7 Å². The summed E-state index contributed by atoms with van der Waals surface area (Å²) in [7, 11) is 0. The van der Waals surface area contributed by atoms with Crippen molar-refractivity contribution in [1.82, 2.24) is 19.7 Å². The zero-order chi connectivity index (χ0) is 16.9. The summed E-state index contributed by atoms with van der Waals surface area (Å²) in [5, 5.41) is 6.74. The molecule has 1 fully saturated rings. The summed E-state index contributed by atoms with van der Waals surface area (Å²) in [6, 6.07) is 6.00. The van der Waals surface area contributed by atoms with Crippen LogP contribution in [0, 0.1) is 0 Å². The van der Waals surface area contributed by atoms with E-state index in [1.165, 1.54) is 18.5 Å². The van der Waals surface area contributed by atoms with Gasteiger partial charge in [-0.1, -0.05) is 12.1 Å². The Hall–Kier alpha value is -2.71. The molecule has 0 spiro atoms. The number of carbonyl (C=O) groups excluding carboxylic acids is 1. The molecule has 0 unspecified atom stereocenters. The van der Waals surface area contributed by atoms with Crippen LogP contribution < -0.4 is 10.1 Å². The summed E-state index contributed by atoms with van der Waals surface area (Å²) in [4.78, 5) is 17.9. The molecule has 0 radical (unpaired) electrons. The van der Waals surface area contributed by atoms with Crippen LogP contribution in [0.5, 0.6) is 5.75 Å². The average Bonchev–Trinajstić information content (AvgIpc) is 3.11. The van der Waals surface area contributed by atoms with Crippen molar-refractivity contribution in [2.24, 2.45) is 0 Å². The van der Waals surface area contributed by atoms with Gasteiger partial charge in [0.1, 0.15) is 18.4 Å². The van der Waals surface area contributed by atoms with Crippen LogP contribution in [-0.2, 0) is 0 Å². The molecule has 2 aromatic rings. The van der Waals surface area contributed by atoms with Gasteiger partial charge in [0.25, 0.3) is 0 Å². The van der Waals surface area contributed by atoms with Gasteiger partial charge >= 0.3 is 12.6 Å². The van der Waals surface area contributed by atoms with Crippen LogP contribution in [0.3, 0.4) is 0 Å². The number of aromatic nitrogens is 3. The number of amides is 2. The summed E-state index contributed by atoms with van der Waals surface area (Å²) < 4.78 is 31.0. The monoisotopic (exact) mass is 337 g/mol. The Morgan fingerprint density at radius 3 is 2.71 bits per heavy atom. The van der Waals surface area contributed by atoms with Crippen LogP contribution in [0.2, 0.25) is 0 Å². The molecule has 1 N–H and O–H groups in total. The zero-order valence-corrected chi connectivity index (χ0v) is 12.8. The van der Waals surface area contributed by atoms with E-state index in [0.717, 1.165) is 12.8 Å². The molecule has 0 bridgehead atoms. The lowest BCUT2D eigenvalue weighted by Gasteiger charge is -2.32. The number of benzene rings is 1. The van der Waals surface area contributed by atoms with E-state index in [1.54, 1.807) is 28.0 Å². The fraction of sp³-hybridized carbons (Fsp3) is 0.400. The number of anilines is 1. The van der Waals surface area contributed by atoms with Gasteiger partial charge in [0, 0.05) is 13.1 Å². The smallest absolute Gasteiger partial charge is 0.387 e. The Labute approximate surface area is 137 Å². The highest BCUT2D eigenvalue weighted by molar-refractivity contribution is 5.91. The Kier molecular flexibility index (Phi) is 4.88. The number of hydrogen-bond acceptors (Lipinski definition) is 4. The molecule has 2 heterocycles. The molecule has 7 nitrogen and oxygen atoms in total. The van der Waals surface area contributed by atoms with Crippen molar-refractivity contribution >= 4 is 11.7 Å². The van der Waals surface area contributed by atoms with Gasteiger partial charge in [0.15, 0.2) is 0 Å².